The van der Waals surface area contributed by atoms with Crippen molar-refractivity contribution in [3.05, 3.63) is 53.8 Å². The van der Waals surface area contributed by atoms with E-state index in [1.807, 2.05) is 24.3 Å². The summed E-state index contributed by atoms with van der Waals surface area (Å²) in [4.78, 5) is 4.12. The third-order valence-corrected chi connectivity index (χ3v) is 2.06. The van der Waals surface area contributed by atoms with Gasteiger partial charge in [-0.15, -0.1) is 0 Å². The highest BCUT2D eigenvalue weighted by Gasteiger charge is 2.19. The highest BCUT2D eigenvalue weighted by atomic mass is 16.5. The van der Waals surface area contributed by atoms with Crippen LogP contribution in [0.4, 0.5) is 0 Å². The largest absolute Gasteiger partial charge is 0.461 e. The molecule has 3 heterocycles. The maximum atomic E-state index is 5.54. The molecule has 2 aliphatic heterocycles. The second-order valence-corrected chi connectivity index (χ2v) is 2.99. The highest BCUT2D eigenvalue weighted by Crippen LogP contribution is 2.31. The smallest absolute Gasteiger partial charge is 0.226 e. The summed E-state index contributed by atoms with van der Waals surface area (Å²) in [7, 11) is 0. The van der Waals surface area contributed by atoms with Crippen LogP contribution < -0.4 is 4.74 Å². The number of pyridine rings is 1. The molecule has 1 aromatic rings. The van der Waals surface area contributed by atoms with Gasteiger partial charge in [0.15, 0.2) is 11.5 Å². The first kappa shape index (κ1) is 7.38. The lowest BCUT2D eigenvalue weighted by Crippen LogP contribution is -2.09. The summed E-state index contributed by atoms with van der Waals surface area (Å²) in [6, 6.07) is 3.81. The quantitative estimate of drug-likeness (QED) is 0.621. The number of hydrogen-bond acceptors (Lipinski definition) is 3. The van der Waals surface area contributed by atoms with Crippen molar-refractivity contribution in [2.24, 2.45) is 0 Å². The van der Waals surface area contributed by atoms with E-state index in [9.17, 15) is 0 Å². The number of rotatable bonds is 0. The third kappa shape index (κ3) is 1.03. The minimum absolute atomic E-state index is 0.626. The average molecular weight is 185 g/mol. The van der Waals surface area contributed by atoms with E-state index in [-0.39, 0.29) is 0 Å². The molecule has 3 nitrogen and oxygen atoms in total. The van der Waals surface area contributed by atoms with Crippen molar-refractivity contribution in [2.75, 3.05) is 0 Å². The second kappa shape index (κ2) is 2.73. The van der Waals surface area contributed by atoms with E-state index in [0.717, 1.165) is 11.3 Å². The molecule has 0 saturated heterocycles. The van der Waals surface area contributed by atoms with Crippen LogP contribution >= 0.6 is 0 Å². The third-order valence-electron chi connectivity index (χ3n) is 2.06. The van der Waals surface area contributed by atoms with Gasteiger partial charge in [0.05, 0.1) is 6.26 Å². The van der Waals surface area contributed by atoms with Gasteiger partial charge in [0.25, 0.3) is 0 Å². The van der Waals surface area contributed by atoms with Gasteiger partial charge >= 0.3 is 0 Å². The van der Waals surface area contributed by atoms with Crippen molar-refractivity contribution in [2.45, 2.75) is 0 Å². The fourth-order valence-corrected chi connectivity index (χ4v) is 1.41. The fourth-order valence-electron chi connectivity index (χ4n) is 1.41. The van der Waals surface area contributed by atoms with E-state index in [1.54, 1.807) is 18.5 Å². The molecule has 0 amide bonds. The van der Waals surface area contributed by atoms with Gasteiger partial charge in [0.2, 0.25) is 5.88 Å². The summed E-state index contributed by atoms with van der Waals surface area (Å²) in [6.07, 6.45) is 8.90. The molecule has 0 N–H and O–H groups in total. The molecule has 14 heavy (non-hydrogen) atoms. The predicted octanol–water partition coefficient (Wildman–Crippen LogP) is 2.24. The average Bonchev–Trinajstić information content (AvgIpc) is 2.26. The Balaban J connectivity index is 2.15. The zero-order valence-corrected chi connectivity index (χ0v) is 7.31. The van der Waals surface area contributed by atoms with E-state index in [2.05, 4.69) is 4.98 Å². The van der Waals surface area contributed by atoms with Gasteiger partial charge in [-0.2, -0.15) is 0 Å². The maximum absolute atomic E-state index is 5.54. The van der Waals surface area contributed by atoms with Gasteiger partial charge in [0, 0.05) is 11.8 Å². The van der Waals surface area contributed by atoms with Crippen LogP contribution in [-0.4, -0.2) is 4.98 Å². The van der Waals surface area contributed by atoms with Crippen LogP contribution in [0.1, 0.15) is 5.56 Å². The first-order valence-electron chi connectivity index (χ1n) is 4.32. The van der Waals surface area contributed by atoms with Crippen LogP contribution in [0.3, 0.4) is 0 Å². The van der Waals surface area contributed by atoms with Gasteiger partial charge < -0.3 is 9.47 Å². The lowest BCUT2D eigenvalue weighted by atomic mass is 10.1. The summed E-state index contributed by atoms with van der Waals surface area (Å²) in [5.74, 6) is 2.06. The van der Waals surface area contributed by atoms with Crippen molar-refractivity contribution >= 4 is 6.08 Å². The normalized spacial score (nSPS) is 16.9. The van der Waals surface area contributed by atoms with E-state index in [1.165, 1.54) is 0 Å². The summed E-state index contributed by atoms with van der Waals surface area (Å²) in [5.41, 5.74) is 0.940. The van der Waals surface area contributed by atoms with Crippen LogP contribution in [0.25, 0.3) is 6.08 Å². The standard InChI is InChI=1S/C11H7NO2/c1-3-8-7-10-9(4-2-6-13-10)14-11(8)12-5-1/h1-7H. The molecule has 0 aromatic carbocycles. The highest BCUT2D eigenvalue weighted by molar-refractivity contribution is 5.63. The Hall–Kier alpha value is -2.03. The molecule has 3 rings (SSSR count). The lowest BCUT2D eigenvalue weighted by Gasteiger charge is -2.19. The lowest BCUT2D eigenvalue weighted by molar-refractivity contribution is 0.292. The Labute approximate surface area is 81.0 Å². The molecular weight excluding hydrogens is 178 g/mol. The number of hydrogen-bond donors (Lipinski definition) is 0. The molecule has 0 atom stereocenters. The maximum Gasteiger partial charge on any atom is 0.226 e. The Morgan fingerprint density at radius 3 is 3.21 bits per heavy atom. The Kier molecular flexibility index (Phi) is 1.44. The molecule has 0 radical (unpaired) electrons. The molecule has 0 bridgehead atoms. The second-order valence-electron chi connectivity index (χ2n) is 2.99. The van der Waals surface area contributed by atoms with Crippen LogP contribution in [0.5, 0.6) is 5.88 Å². The molecule has 0 spiro atoms. The summed E-state index contributed by atoms with van der Waals surface area (Å²) in [5, 5.41) is 0. The number of ether oxygens (including phenoxy) is 2. The van der Waals surface area contributed by atoms with Crippen LogP contribution in [0.2, 0.25) is 0 Å². The number of fused-ring (bicyclic) bond motifs is 2. The van der Waals surface area contributed by atoms with Gasteiger partial charge in [-0.25, -0.2) is 4.98 Å². The zero-order valence-electron chi connectivity index (χ0n) is 7.31. The van der Waals surface area contributed by atoms with Crippen molar-refractivity contribution in [1.82, 2.24) is 4.98 Å². The summed E-state index contributed by atoms with van der Waals surface area (Å²) in [6.45, 7) is 0. The van der Waals surface area contributed by atoms with Gasteiger partial charge in [0.1, 0.15) is 0 Å². The van der Waals surface area contributed by atoms with Crippen molar-refractivity contribution in [3.8, 4) is 5.88 Å². The molecule has 0 saturated carbocycles. The van der Waals surface area contributed by atoms with Crippen molar-refractivity contribution in [3.63, 3.8) is 0 Å². The first-order chi connectivity index (χ1) is 6.93. The summed E-state index contributed by atoms with van der Waals surface area (Å²) >= 11 is 0. The SMILES string of the molecule is C1=COC2=Cc3cccnc3OC2=C1. The first-order valence-corrected chi connectivity index (χ1v) is 4.32. The number of aromatic nitrogens is 1. The fraction of sp³-hybridized carbons (Fsp3) is 0. The minimum Gasteiger partial charge on any atom is -0.461 e. The zero-order chi connectivity index (χ0) is 9.38. The molecule has 0 aliphatic carbocycles. The number of nitrogens with zero attached hydrogens (tertiary/aromatic N) is 1. The Bertz CT molecular complexity index is 472. The minimum atomic E-state index is 0.626. The summed E-state index contributed by atoms with van der Waals surface area (Å²) < 4.78 is 10.8. The van der Waals surface area contributed by atoms with Crippen molar-refractivity contribution < 1.29 is 9.47 Å². The topological polar surface area (TPSA) is 31.4 Å². The van der Waals surface area contributed by atoms with E-state index < -0.39 is 0 Å². The molecule has 3 heteroatoms. The van der Waals surface area contributed by atoms with E-state index in [0.29, 0.717) is 11.6 Å². The Morgan fingerprint density at radius 2 is 2.21 bits per heavy atom. The van der Waals surface area contributed by atoms with Gasteiger partial charge in [-0.05, 0) is 30.4 Å². The molecule has 2 aliphatic rings. The van der Waals surface area contributed by atoms with Gasteiger partial charge in [-0.3, -0.25) is 0 Å². The molecule has 1 aromatic heterocycles. The van der Waals surface area contributed by atoms with Crippen LogP contribution in [0.15, 0.2) is 48.3 Å². The molecular formula is C11H7NO2. The number of allylic oxidation sites excluding steroid dienone is 2. The molecule has 68 valence electrons. The predicted molar refractivity (Wildman–Crippen MR) is 51.2 cm³/mol. The van der Waals surface area contributed by atoms with Gasteiger partial charge in [-0.1, -0.05) is 0 Å². The monoisotopic (exact) mass is 185 g/mol. The Morgan fingerprint density at radius 1 is 1.21 bits per heavy atom. The molecule has 0 unspecified atom stereocenters. The van der Waals surface area contributed by atoms with Crippen LogP contribution in [-0.2, 0) is 4.74 Å². The van der Waals surface area contributed by atoms with Crippen molar-refractivity contribution in [1.29, 1.82) is 0 Å². The van der Waals surface area contributed by atoms with E-state index >= 15 is 0 Å². The molecule has 0 fully saturated rings. The van der Waals surface area contributed by atoms with E-state index in [4.69, 9.17) is 9.47 Å². The van der Waals surface area contributed by atoms with Crippen LogP contribution in [0, 0.1) is 0 Å².